The summed E-state index contributed by atoms with van der Waals surface area (Å²) < 4.78 is 18.4. The number of aromatic nitrogens is 3. The summed E-state index contributed by atoms with van der Waals surface area (Å²) in [4.78, 5) is 35.1. The highest BCUT2D eigenvalue weighted by molar-refractivity contribution is 5.83. The van der Waals surface area contributed by atoms with Crippen LogP contribution < -0.4 is 10.5 Å². The Kier molecular flexibility index (Phi) is 5.55. The highest BCUT2D eigenvalue weighted by atomic mass is 16.5. The third kappa shape index (κ3) is 4.06. The average molecular weight is 434 g/mol. The molecule has 1 aliphatic heterocycles. The molecule has 32 heavy (non-hydrogen) atoms. The number of hydrogen-bond acceptors (Lipinski definition) is 7. The monoisotopic (exact) mass is 434 g/mol. The van der Waals surface area contributed by atoms with Gasteiger partial charge in [-0.1, -0.05) is 24.3 Å². The van der Waals surface area contributed by atoms with E-state index in [-0.39, 0.29) is 31.6 Å². The second kappa shape index (κ2) is 8.80. The maximum atomic E-state index is 12.8. The molecule has 1 atom stereocenters. The molecule has 0 spiro atoms. The van der Waals surface area contributed by atoms with Gasteiger partial charge < -0.3 is 18.8 Å². The number of carbonyl (C=O) groups is 1. The van der Waals surface area contributed by atoms with Crippen LogP contribution >= 0.6 is 0 Å². The number of carbonyl (C=O) groups excluding carboxylic acids is 1. The van der Waals surface area contributed by atoms with Gasteiger partial charge in [-0.25, -0.2) is 14.8 Å². The third-order valence-corrected chi connectivity index (χ3v) is 5.53. The fraction of sp³-hybridized carbons (Fsp3) is 0.304. The summed E-state index contributed by atoms with van der Waals surface area (Å²) in [6.45, 7) is 1.89. The molecule has 1 amide bonds. The number of fused-ring (bicyclic) bond motifs is 2. The summed E-state index contributed by atoms with van der Waals surface area (Å²) in [5, 5.41) is 0.830. The molecule has 9 nitrogen and oxygen atoms in total. The zero-order chi connectivity index (χ0) is 21.9. The fourth-order valence-corrected chi connectivity index (χ4v) is 3.90. The summed E-state index contributed by atoms with van der Waals surface area (Å²) >= 11 is 0. The Bertz CT molecular complexity index is 1310. The first kappa shape index (κ1) is 20.2. The Morgan fingerprint density at radius 3 is 2.91 bits per heavy atom. The normalized spacial score (nSPS) is 16.5. The molecule has 0 radical (unpaired) electrons. The number of rotatable bonds is 6. The van der Waals surface area contributed by atoms with Gasteiger partial charge >= 0.3 is 5.76 Å². The van der Waals surface area contributed by atoms with Gasteiger partial charge in [0.2, 0.25) is 11.8 Å². The molecule has 5 rings (SSSR count). The standard InChI is InChI=1S/C23H22N4O5/c28-21(9-10-27-19-7-3-4-8-20(19)32-23(27)29)26-11-12-30-16(13-26)14-31-22-17-5-1-2-6-18(17)24-15-25-22/h1-8,15-16H,9-14H2. The van der Waals surface area contributed by atoms with Gasteiger partial charge in [0.15, 0.2) is 5.58 Å². The first-order valence-corrected chi connectivity index (χ1v) is 10.5. The van der Waals surface area contributed by atoms with Crippen molar-refractivity contribution in [3.63, 3.8) is 0 Å². The lowest BCUT2D eigenvalue weighted by atomic mass is 10.2. The number of oxazole rings is 1. The van der Waals surface area contributed by atoms with Crippen molar-refractivity contribution in [2.24, 2.45) is 0 Å². The molecule has 1 aliphatic rings. The molecule has 0 N–H and O–H groups in total. The topological polar surface area (TPSA) is 99.7 Å². The van der Waals surface area contributed by atoms with Crippen LogP contribution in [0.25, 0.3) is 22.0 Å². The Labute approximate surface area is 183 Å². The number of nitrogens with zero attached hydrogens (tertiary/aromatic N) is 4. The molecule has 2 aromatic carbocycles. The van der Waals surface area contributed by atoms with Gasteiger partial charge in [0.05, 0.1) is 29.6 Å². The minimum absolute atomic E-state index is 0.0389. The highest BCUT2D eigenvalue weighted by Gasteiger charge is 2.25. The molecule has 0 saturated carbocycles. The maximum Gasteiger partial charge on any atom is 0.419 e. The van der Waals surface area contributed by atoms with E-state index in [2.05, 4.69) is 9.97 Å². The minimum Gasteiger partial charge on any atom is -0.474 e. The van der Waals surface area contributed by atoms with Gasteiger partial charge in [-0.05, 0) is 24.3 Å². The second-order valence-corrected chi connectivity index (χ2v) is 7.58. The Morgan fingerprint density at radius 2 is 1.97 bits per heavy atom. The molecule has 1 fully saturated rings. The Hall–Kier alpha value is -3.72. The van der Waals surface area contributed by atoms with Crippen molar-refractivity contribution in [1.29, 1.82) is 0 Å². The lowest BCUT2D eigenvalue weighted by molar-refractivity contribution is -0.140. The first-order chi connectivity index (χ1) is 15.7. The van der Waals surface area contributed by atoms with E-state index in [0.717, 1.165) is 10.9 Å². The molecule has 2 aromatic heterocycles. The van der Waals surface area contributed by atoms with Gasteiger partial charge in [0.25, 0.3) is 0 Å². The van der Waals surface area contributed by atoms with E-state index in [1.807, 2.05) is 36.4 Å². The van der Waals surface area contributed by atoms with E-state index in [1.54, 1.807) is 17.0 Å². The third-order valence-electron chi connectivity index (χ3n) is 5.53. The van der Waals surface area contributed by atoms with Crippen LogP contribution in [-0.2, 0) is 16.1 Å². The van der Waals surface area contributed by atoms with E-state index >= 15 is 0 Å². The molecule has 4 aromatic rings. The number of aryl methyl sites for hydroxylation is 1. The van der Waals surface area contributed by atoms with Crippen molar-refractivity contribution < 1.29 is 18.7 Å². The maximum absolute atomic E-state index is 12.8. The summed E-state index contributed by atoms with van der Waals surface area (Å²) in [5.74, 6) is 0.00107. The summed E-state index contributed by atoms with van der Waals surface area (Å²) in [5.41, 5.74) is 2.02. The average Bonchev–Trinajstić information content (AvgIpc) is 3.16. The number of para-hydroxylation sites is 3. The van der Waals surface area contributed by atoms with Crippen molar-refractivity contribution in [2.45, 2.75) is 19.1 Å². The molecule has 0 bridgehead atoms. The first-order valence-electron chi connectivity index (χ1n) is 10.5. The van der Waals surface area contributed by atoms with E-state index in [1.165, 1.54) is 10.9 Å². The van der Waals surface area contributed by atoms with Crippen molar-refractivity contribution in [3.05, 3.63) is 65.4 Å². The van der Waals surface area contributed by atoms with Crippen molar-refractivity contribution in [1.82, 2.24) is 19.4 Å². The van der Waals surface area contributed by atoms with E-state index in [0.29, 0.717) is 36.7 Å². The molecule has 164 valence electrons. The molecule has 0 aliphatic carbocycles. The van der Waals surface area contributed by atoms with Crippen LogP contribution in [0.4, 0.5) is 0 Å². The van der Waals surface area contributed by atoms with E-state index in [4.69, 9.17) is 13.9 Å². The number of amides is 1. The van der Waals surface area contributed by atoms with Crippen LogP contribution in [0, 0.1) is 0 Å². The van der Waals surface area contributed by atoms with E-state index < -0.39 is 5.76 Å². The van der Waals surface area contributed by atoms with Gasteiger partial charge in [0, 0.05) is 19.5 Å². The number of ether oxygens (including phenoxy) is 2. The molecule has 9 heteroatoms. The SMILES string of the molecule is O=C(CCn1c(=O)oc2ccccc21)N1CCOC(COc2ncnc3ccccc23)C1. The molecular weight excluding hydrogens is 412 g/mol. The van der Waals surface area contributed by atoms with Gasteiger partial charge in [-0.3, -0.25) is 9.36 Å². The van der Waals surface area contributed by atoms with Crippen molar-refractivity contribution in [3.8, 4) is 5.88 Å². The zero-order valence-electron chi connectivity index (χ0n) is 17.3. The lowest BCUT2D eigenvalue weighted by Gasteiger charge is -2.32. The van der Waals surface area contributed by atoms with Crippen LogP contribution in [-0.4, -0.2) is 57.7 Å². The summed E-state index contributed by atoms with van der Waals surface area (Å²) in [6, 6.07) is 14.8. The molecule has 3 heterocycles. The smallest absolute Gasteiger partial charge is 0.419 e. The zero-order valence-corrected chi connectivity index (χ0v) is 17.3. The predicted molar refractivity (Wildman–Crippen MR) is 116 cm³/mol. The number of benzene rings is 2. The summed E-state index contributed by atoms with van der Waals surface area (Å²) in [6.07, 6.45) is 1.41. The molecule has 1 saturated heterocycles. The number of hydrogen-bond donors (Lipinski definition) is 0. The lowest BCUT2D eigenvalue weighted by Crippen LogP contribution is -2.47. The molecule has 1 unspecified atom stereocenters. The highest BCUT2D eigenvalue weighted by Crippen LogP contribution is 2.21. The molecular formula is C23H22N4O5. The van der Waals surface area contributed by atoms with Gasteiger partial charge in [0.1, 0.15) is 19.0 Å². The number of morpholine rings is 1. The Balaban J connectivity index is 1.19. The van der Waals surface area contributed by atoms with Crippen molar-refractivity contribution in [2.75, 3.05) is 26.3 Å². The second-order valence-electron chi connectivity index (χ2n) is 7.58. The van der Waals surface area contributed by atoms with Crippen molar-refractivity contribution >= 4 is 27.9 Å². The van der Waals surface area contributed by atoms with Crippen LogP contribution in [0.3, 0.4) is 0 Å². The Morgan fingerprint density at radius 1 is 1.12 bits per heavy atom. The van der Waals surface area contributed by atoms with Crippen LogP contribution in [0.5, 0.6) is 5.88 Å². The quantitative estimate of drug-likeness (QED) is 0.459. The van der Waals surface area contributed by atoms with E-state index in [9.17, 15) is 9.59 Å². The van der Waals surface area contributed by atoms with Gasteiger partial charge in [-0.15, -0.1) is 0 Å². The van der Waals surface area contributed by atoms with Gasteiger partial charge in [-0.2, -0.15) is 0 Å². The minimum atomic E-state index is -0.454. The predicted octanol–water partition coefficient (Wildman–Crippen LogP) is 2.23. The summed E-state index contributed by atoms with van der Waals surface area (Å²) in [7, 11) is 0. The largest absolute Gasteiger partial charge is 0.474 e. The van der Waals surface area contributed by atoms with Crippen LogP contribution in [0.1, 0.15) is 6.42 Å². The van der Waals surface area contributed by atoms with Crippen LogP contribution in [0.2, 0.25) is 0 Å². The van der Waals surface area contributed by atoms with Crippen LogP contribution in [0.15, 0.2) is 64.1 Å². The fourth-order valence-electron chi connectivity index (χ4n) is 3.90.